The van der Waals surface area contributed by atoms with Gasteiger partial charge in [0.2, 0.25) is 0 Å². The van der Waals surface area contributed by atoms with Crippen LogP contribution in [0.4, 0.5) is 0 Å². The van der Waals surface area contributed by atoms with Crippen molar-refractivity contribution in [2.24, 2.45) is 4.99 Å². The van der Waals surface area contributed by atoms with Crippen LogP contribution in [0.1, 0.15) is 11.1 Å². The highest BCUT2D eigenvalue weighted by molar-refractivity contribution is 5.83. The molecule has 7 nitrogen and oxygen atoms in total. The normalized spacial score (nSPS) is 11.3. The average Bonchev–Trinajstić information content (AvgIpc) is 2.80. The Balaban J connectivity index is 1.63. The minimum atomic E-state index is 0.651. The van der Waals surface area contributed by atoms with Crippen LogP contribution in [0.3, 0.4) is 0 Å². The first-order chi connectivity index (χ1) is 14.7. The zero-order valence-corrected chi connectivity index (χ0v) is 17.9. The Kier molecular flexibility index (Phi) is 7.32. The molecule has 30 heavy (non-hydrogen) atoms. The van der Waals surface area contributed by atoms with E-state index in [0.29, 0.717) is 25.3 Å². The summed E-state index contributed by atoms with van der Waals surface area (Å²) in [7, 11) is 6.67. The summed E-state index contributed by atoms with van der Waals surface area (Å²) in [5.41, 5.74) is 3.13. The van der Waals surface area contributed by atoms with Crippen molar-refractivity contribution in [3.05, 3.63) is 59.8 Å². The molecule has 158 valence electrons. The summed E-state index contributed by atoms with van der Waals surface area (Å²) < 4.78 is 16.4. The molecule has 1 aromatic heterocycles. The molecule has 7 heteroatoms. The molecule has 3 rings (SSSR count). The number of methoxy groups -OCH3 is 3. The summed E-state index contributed by atoms with van der Waals surface area (Å²) in [6, 6.07) is 13.9. The van der Waals surface area contributed by atoms with Crippen molar-refractivity contribution in [1.29, 1.82) is 0 Å². The van der Waals surface area contributed by atoms with Gasteiger partial charge in [-0.05, 0) is 24.1 Å². The first-order valence-electron chi connectivity index (χ1n) is 9.76. The topological polar surface area (TPSA) is 77.0 Å². The summed E-state index contributed by atoms with van der Waals surface area (Å²) in [6.07, 6.45) is 2.53. The van der Waals surface area contributed by atoms with Crippen LogP contribution in [0, 0.1) is 0 Å². The number of hydrogen-bond donors (Lipinski definition) is 2. The van der Waals surface area contributed by atoms with Gasteiger partial charge in [0.1, 0.15) is 17.2 Å². The monoisotopic (exact) mass is 408 g/mol. The van der Waals surface area contributed by atoms with Gasteiger partial charge in [-0.25, -0.2) is 0 Å². The second-order valence-corrected chi connectivity index (χ2v) is 6.60. The van der Waals surface area contributed by atoms with Gasteiger partial charge in [0, 0.05) is 49.4 Å². The number of rotatable bonds is 8. The lowest BCUT2D eigenvalue weighted by Crippen LogP contribution is -2.38. The van der Waals surface area contributed by atoms with E-state index >= 15 is 0 Å². The van der Waals surface area contributed by atoms with Crippen molar-refractivity contribution in [2.45, 2.75) is 13.0 Å². The quantitative estimate of drug-likeness (QED) is 0.440. The number of benzene rings is 2. The minimum Gasteiger partial charge on any atom is -0.496 e. The number of hydrogen-bond acceptors (Lipinski definition) is 5. The number of aromatic nitrogens is 1. The van der Waals surface area contributed by atoms with Crippen LogP contribution in [0.15, 0.2) is 53.7 Å². The first kappa shape index (κ1) is 21.2. The van der Waals surface area contributed by atoms with Gasteiger partial charge in [0.25, 0.3) is 0 Å². The van der Waals surface area contributed by atoms with E-state index in [1.165, 1.54) is 5.56 Å². The molecule has 2 N–H and O–H groups in total. The molecular weight excluding hydrogens is 380 g/mol. The predicted molar refractivity (Wildman–Crippen MR) is 120 cm³/mol. The molecule has 2 aromatic carbocycles. The van der Waals surface area contributed by atoms with E-state index in [9.17, 15) is 0 Å². The fourth-order valence-electron chi connectivity index (χ4n) is 3.34. The predicted octanol–water partition coefficient (Wildman–Crippen LogP) is 3.17. The Morgan fingerprint density at radius 2 is 1.70 bits per heavy atom. The average molecular weight is 409 g/mol. The Bertz CT molecular complexity index is 990. The first-order valence-corrected chi connectivity index (χ1v) is 9.76. The standard InChI is InChI=1S/C23H28N4O3/c1-24-23(27-15-16-9-11-25-20-8-6-5-7-18(16)20)26-12-10-19-21(29-3)13-17(28-2)14-22(19)30-4/h5-9,11,13-14H,10,12,15H2,1-4H3,(H2,24,26,27). The molecule has 0 fully saturated rings. The fourth-order valence-corrected chi connectivity index (χ4v) is 3.34. The van der Waals surface area contributed by atoms with Crippen LogP contribution < -0.4 is 24.8 Å². The van der Waals surface area contributed by atoms with E-state index in [1.807, 2.05) is 42.6 Å². The molecule has 0 bridgehead atoms. The van der Waals surface area contributed by atoms with Crippen molar-refractivity contribution in [3.8, 4) is 17.2 Å². The molecule has 0 atom stereocenters. The van der Waals surface area contributed by atoms with Crippen molar-refractivity contribution in [1.82, 2.24) is 15.6 Å². The van der Waals surface area contributed by atoms with Crippen molar-refractivity contribution in [2.75, 3.05) is 34.9 Å². The number of ether oxygens (including phenoxy) is 3. The molecule has 0 aliphatic heterocycles. The maximum Gasteiger partial charge on any atom is 0.191 e. The minimum absolute atomic E-state index is 0.651. The third-order valence-corrected chi connectivity index (χ3v) is 4.89. The van der Waals surface area contributed by atoms with Gasteiger partial charge in [0.15, 0.2) is 5.96 Å². The van der Waals surface area contributed by atoms with Crippen molar-refractivity contribution >= 4 is 16.9 Å². The highest BCUT2D eigenvalue weighted by Gasteiger charge is 2.13. The van der Waals surface area contributed by atoms with Gasteiger partial charge >= 0.3 is 0 Å². The van der Waals surface area contributed by atoms with E-state index in [2.05, 4.69) is 26.7 Å². The number of aliphatic imine (C=N–C) groups is 1. The SMILES string of the molecule is CN=C(NCCc1c(OC)cc(OC)cc1OC)NCc1ccnc2ccccc12. The van der Waals surface area contributed by atoms with Crippen LogP contribution in [0.25, 0.3) is 10.9 Å². The van der Waals surface area contributed by atoms with Gasteiger partial charge < -0.3 is 24.8 Å². The van der Waals surface area contributed by atoms with Crippen molar-refractivity contribution in [3.63, 3.8) is 0 Å². The Labute approximate surface area is 177 Å². The van der Waals surface area contributed by atoms with E-state index in [4.69, 9.17) is 14.2 Å². The maximum absolute atomic E-state index is 5.52. The van der Waals surface area contributed by atoms with Crippen LogP contribution in [0.2, 0.25) is 0 Å². The van der Waals surface area contributed by atoms with Crippen LogP contribution in [-0.2, 0) is 13.0 Å². The Morgan fingerprint density at radius 3 is 2.37 bits per heavy atom. The lowest BCUT2D eigenvalue weighted by molar-refractivity contribution is 0.368. The number of nitrogens with zero attached hydrogens (tertiary/aromatic N) is 2. The van der Waals surface area contributed by atoms with Gasteiger partial charge in [0.05, 0.1) is 26.8 Å². The highest BCUT2D eigenvalue weighted by Crippen LogP contribution is 2.34. The highest BCUT2D eigenvalue weighted by atomic mass is 16.5. The molecule has 3 aromatic rings. The van der Waals surface area contributed by atoms with Crippen LogP contribution in [0.5, 0.6) is 17.2 Å². The molecule has 0 aliphatic rings. The second kappa shape index (κ2) is 10.3. The largest absolute Gasteiger partial charge is 0.496 e. The lowest BCUT2D eigenvalue weighted by Gasteiger charge is -2.16. The molecule has 0 aliphatic carbocycles. The fraction of sp³-hybridized carbons (Fsp3) is 0.304. The van der Waals surface area contributed by atoms with Crippen LogP contribution in [-0.4, -0.2) is 45.9 Å². The van der Waals surface area contributed by atoms with Gasteiger partial charge in [-0.15, -0.1) is 0 Å². The molecule has 0 amide bonds. The van der Waals surface area contributed by atoms with Gasteiger partial charge in [-0.3, -0.25) is 9.98 Å². The number of fused-ring (bicyclic) bond motifs is 1. The molecule has 0 saturated heterocycles. The number of para-hydroxylation sites is 1. The van der Waals surface area contributed by atoms with Gasteiger partial charge in [-0.1, -0.05) is 18.2 Å². The molecule has 0 unspecified atom stereocenters. The Morgan fingerprint density at radius 1 is 0.967 bits per heavy atom. The zero-order chi connectivity index (χ0) is 21.3. The molecular formula is C23H28N4O3. The van der Waals surface area contributed by atoms with E-state index < -0.39 is 0 Å². The third kappa shape index (κ3) is 4.92. The summed E-state index contributed by atoms with van der Waals surface area (Å²) >= 11 is 0. The molecule has 1 heterocycles. The van der Waals surface area contributed by atoms with E-state index in [1.54, 1.807) is 28.4 Å². The number of guanidine groups is 1. The maximum atomic E-state index is 5.52. The molecule has 0 radical (unpaired) electrons. The summed E-state index contributed by atoms with van der Waals surface area (Å²) in [6.45, 7) is 1.31. The summed E-state index contributed by atoms with van der Waals surface area (Å²) in [5, 5.41) is 7.85. The Hall–Kier alpha value is -3.48. The zero-order valence-electron chi connectivity index (χ0n) is 17.9. The number of pyridine rings is 1. The van der Waals surface area contributed by atoms with Gasteiger partial charge in [-0.2, -0.15) is 0 Å². The van der Waals surface area contributed by atoms with E-state index in [-0.39, 0.29) is 0 Å². The second-order valence-electron chi connectivity index (χ2n) is 6.60. The van der Waals surface area contributed by atoms with Crippen LogP contribution >= 0.6 is 0 Å². The molecule has 0 spiro atoms. The lowest BCUT2D eigenvalue weighted by atomic mass is 10.1. The third-order valence-electron chi connectivity index (χ3n) is 4.89. The smallest absolute Gasteiger partial charge is 0.191 e. The summed E-state index contributed by atoms with van der Waals surface area (Å²) in [4.78, 5) is 8.73. The number of nitrogens with one attached hydrogen (secondary N) is 2. The van der Waals surface area contributed by atoms with Crippen molar-refractivity contribution < 1.29 is 14.2 Å². The molecule has 0 saturated carbocycles. The summed E-state index contributed by atoms with van der Waals surface area (Å²) in [5.74, 6) is 2.89. The van der Waals surface area contributed by atoms with E-state index in [0.717, 1.165) is 33.9 Å².